The zero-order valence-electron chi connectivity index (χ0n) is 15.3. The van der Waals surface area contributed by atoms with Crippen LogP contribution in [0.1, 0.15) is 5.56 Å². The third-order valence-corrected chi connectivity index (χ3v) is 4.61. The first kappa shape index (κ1) is 17.5. The number of methoxy groups -OCH3 is 1. The van der Waals surface area contributed by atoms with Crippen molar-refractivity contribution in [2.24, 2.45) is 7.05 Å². The van der Waals surface area contributed by atoms with E-state index < -0.39 is 6.04 Å². The lowest BCUT2D eigenvalue weighted by molar-refractivity contribution is -0.136. The summed E-state index contributed by atoms with van der Waals surface area (Å²) in [5, 5.41) is 6.12. The molecule has 2 aliphatic rings. The van der Waals surface area contributed by atoms with Gasteiger partial charge in [-0.1, -0.05) is 0 Å². The largest absolute Gasteiger partial charge is 0.481 e. The third kappa shape index (κ3) is 3.51. The van der Waals surface area contributed by atoms with Crippen molar-refractivity contribution in [3.8, 4) is 5.88 Å². The SMILES string of the molecule is COc1ccc(N2NC(C(=O)N3CCOCC3)C=C2c2cnn(C)c2)cn1. The molecule has 1 N–H and O–H groups in total. The number of anilines is 1. The molecule has 2 aromatic heterocycles. The number of ether oxygens (including phenoxy) is 2. The molecule has 4 heterocycles. The smallest absolute Gasteiger partial charge is 0.245 e. The number of hydrazine groups is 1. The van der Waals surface area contributed by atoms with Crippen LogP contribution in [0.25, 0.3) is 5.70 Å². The molecule has 0 radical (unpaired) electrons. The molecule has 1 atom stereocenters. The van der Waals surface area contributed by atoms with Gasteiger partial charge in [0.1, 0.15) is 6.04 Å². The summed E-state index contributed by atoms with van der Waals surface area (Å²) in [6.07, 6.45) is 7.33. The minimum Gasteiger partial charge on any atom is -0.481 e. The number of pyridine rings is 1. The highest BCUT2D eigenvalue weighted by atomic mass is 16.5. The van der Waals surface area contributed by atoms with E-state index in [0.29, 0.717) is 32.2 Å². The number of hydrogen-bond donors (Lipinski definition) is 1. The van der Waals surface area contributed by atoms with Crippen molar-refractivity contribution in [2.45, 2.75) is 6.04 Å². The first-order chi connectivity index (χ1) is 13.2. The molecular formula is C18H22N6O3. The van der Waals surface area contributed by atoms with Gasteiger partial charge in [0.2, 0.25) is 11.8 Å². The van der Waals surface area contributed by atoms with Crippen LogP contribution in [0.3, 0.4) is 0 Å². The van der Waals surface area contributed by atoms with Crippen LogP contribution in [0.5, 0.6) is 5.88 Å². The van der Waals surface area contributed by atoms with Gasteiger partial charge in [-0.25, -0.2) is 10.4 Å². The van der Waals surface area contributed by atoms with Crippen LogP contribution in [-0.2, 0) is 16.6 Å². The first-order valence-electron chi connectivity index (χ1n) is 8.79. The van der Waals surface area contributed by atoms with Crippen molar-refractivity contribution in [3.05, 3.63) is 42.4 Å². The predicted molar refractivity (Wildman–Crippen MR) is 98.8 cm³/mol. The van der Waals surface area contributed by atoms with E-state index in [4.69, 9.17) is 9.47 Å². The molecule has 1 amide bonds. The third-order valence-electron chi connectivity index (χ3n) is 4.61. The van der Waals surface area contributed by atoms with Gasteiger partial charge in [0.25, 0.3) is 0 Å². The molecular weight excluding hydrogens is 348 g/mol. The zero-order valence-corrected chi connectivity index (χ0v) is 15.3. The molecule has 0 aromatic carbocycles. The van der Waals surface area contributed by atoms with E-state index in [0.717, 1.165) is 16.9 Å². The molecule has 1 fully saturated rings. The van der Waals surface area contributed by atoms with Gasteiger partial charge in [-0.05, 0) is 12.1 Å². The van der Waals surface area contributed by atoms with Gasteiger partial charge >= 0.3 is 0 Å². The Morgan fingerprint density at radius 2 is 2.11 bits per heavy atom. The van der Waals surface area contributed by atoms with Crippen molar-refractivity contribution in [1.82, 2.24) is 25.1 Å². The molecule has 0 spiro atoms. The van der Waals surface area contributed by atoms with Gasteiger partial charge in [-0.3, -0.25) is 14.5 Å². The van der Waals surface area contributed by atoms with E-state index in [1.807, 2.05) is 35.3 Å². The molecule has 142 valence electrons. The normalized spacial score (nSPS) is 19.9. The maximum atomic E-state index is 12.9. The summed E-state index contributed by atoms with van der Waals surface area (Å²) in [6, 6.07) is 3.22. The summed E-state index contributed by atoms with van der Waals surface area (Å²) in [6.45, 7) is 2.36. The summed E-state index contributed by atoms with van der Waals surface area (Å²) in [4.78, 5) is 19.0. The monoisotopic (exact) mass is 370 g/mol. The molecule has 1 unspecified atom stereocenters. The number of aromatic nitrogens is 3. The molecule has 2 aromatic rings. The van der Waals surface area contributed by atoms with Crippen LogP contribution in [0.4, 0.5) is 5.69 Å². The van der Waals surface area contributed by atoms with E-state index in [2.05, 4.69) is 15.5 Å². The number of aryl methyl sites for hydroxylation is 1. The Kier molecular flexibility index (Phi) is 4.78. The topological polar surface area (TPSA) is 84.8 Å². The number of nitrogens with one attached hydrogen (secondary N) is 1. The second-order valence-corrected chi connectivity index (χ2v) is 6.39. The number of rotatable bonds is 4. The molecule has 0 saturated carbocycles. The number of carbonyl (C=O) groups excluding carboxylic acids is 1. The molecule has 9 heteroatoms. The van der Waals surface area contributed by atoms with Crippen molar-refractivity contribution in [3.63, 3.8) is 0 Å². The Balaban J connectivity index is 1.63. The molecule has 27 heavy (non-hydrogen) atoms. The number of hydrogen-bond acceptors (Lipinski definition) is 7. The minimum atomic E-state index is -0.458. The van der Waals surface area contributed by atoms with Crippen molar-refractivity contribution >= 4 is 17.3 Å². The second-order valence-electron chi connectivity index (χ2n) is 6.39. The fraction of sp³-hybridized carbons (Fsp3) is 0.389. The quantitative estimate of drug-likeness (QED) is 0.835. The molecule has 0 bridgehead atoms. The second kappa shape index (κ2) is 7.37. The van der Waals surface area contributed by atoms with Gasteiger partial charge in [0.15, 0.2) is 0 Å². The van der Waals surface area contributed by atoms with Gasteiger partial charge in [0, 0.05) is 38.0 Å². The maximum Gasteiger partial charge on any atom is 0.245 e. The summed E-state index contributed by atoms with van der Waals surface area (Å²) in [7, 11) is 3.44. The Labute approximate surface area is 157 Å². The van der Waals surface area contributed by atoms with Crippen molar-refractivity contribution in [1.29, 1.82) is 0 Å². The molecule has 2 aliphatic heterocycles. The lowest BCUT2D eigenvalue weighted by Gasteiger charge is -2.29. The fourth-order valence-electron chi connectivity index (χ4n) is 3.20. The predicted octanol–water partition coefficient (Wildman–Crippen LogP) is 0.417. The highest BCUT2D eigenvalue weighted by Gasteiger charge is 2.33. The first-order valence-corrected chi connectivity index (χ1v) is 8.79. The summed E-state index contributed by atoms with van der Waals surface area (Å²) >= 11 is 0. The van der Waals surface area contributed by atoms with Crippen molar-refractivity contribution in [2.75, 3.05) is 38.4 Å². The Bertz CT molecular complexity index is 841. The maximum absolute atomic E-state index is 12.9. The van der Waals surface area contributed by atoms with E-state index in [1.54, 1.807) is 30.3 Å². The average Bonchev–Trinajstić information content (AvgIpc) is 3.34. The average molecular weight is 370 g/mol. The molecule has 4 rings (SSSR count). The number of carbonyl (C=O) groups is 1. The number of morpholine rings is 1. The van der Waals surface area contributed by atoms with Crippen LogP contribution < -0.4 is 15.2 Å². The number of nitrogens with zero attached hydrogens (tertiary/aromatic N) is 5. The van der Waals surface area contributed by atoms with Crippen LogP contribution in [0.15, 0.2) is 36.8 Å². The van der Waals surface area contributed by atoms with E-state index in [9.17, 15) is 4.79 Å². The van der Waals surface area contributed by atoms with E-state index in [1.165, 1.54) is 0 Å². The Morgan fingerprint density at radius 1 is 1.30 bits per heavy atom. The van der Waals surface area contributed by atoms with Gasteiger partial charge < -0.3 is 14.4 Å². The Morgan fingerprint density at radius 3 is 2.74 bits per heavy atom. The van der Waals surface area contributed by atoms with Gasteiger partial charge in [-0.2, -0.15) is 5.10 Å². The fourth-order valence-corrected chi connectivity index (χ4v) is 3.20. The van der Waals surface area contributed by atoms with Crippen LogP contribution in [0.2, 0.25) is 0 Å². The summed E-state index contributed by atoms with van der Waals surface area (Å²) in [5.74, 6) is 0.564. The summed E-state index contributed by atoms with van der Waals surface area (Å²) < 4.78 is 12.2. The lowest BCUT2D eigenvalue weighted by atomic mass is 10.2. The Hall–Kier alpha value is -2.91. The van der Waals surface area contributed by atoms with Crippen LogP contribution in [-0.4, -0.2) is 65.0 Å². The number of amides is 1. The van der Waals surface area contributed by atoms with Crippen LogP contribution in [0, 0.1) is 0 Å². The lowest BCUT2D eigenvalue weighted by Crippen LogP contribution is -2.50. The van der Waals surface area contributed by atoms with Crippen LogP contribution >= 0.6 is 0 Å². The standard InChI is InChI=1S/C18H22N6O3/c1-22-12-13(10-20-22)16-9-15(18(25)23-5-7-27-8-6-23)21-24(16)14-3-4-17(26-2)19-11-14/h3-4,9-12,15,21H,5-8H2,1-2H3. The highest BCUT2D eigenvalue weighted by molar-refractivity contribution is 5.92. The van der Waals surface area contributed by atoms with Gasteiger partial charge in [0.05, 0.1) is 44.1 Å². The highest BCUT2D eigenvalue weighted by Crippen LogP contribution is 2.29. The molecule has 9 nitrogen and oxygen atoms in total. The molecule has 1 saturated heterocycles. The summed E-state index contributed by atoms with van der Waals surface area (Å²) in [5.41, 5.74) is 5.88. The minimum absolute atomic E-state index is 0.0312. The van der Waals surface area contributed by atoms with Gasteiger partial charge in [-0.15, -0.1) is 0 Å². The van der Waals surface area contributed by atoms with E-state index in [-0.39, 0.29) is 5.91 Å². The van der Waals surface area contributed by atoms with Crippen molar-refractivity contribution < 1.29 is 14.3 Å². The molecule has 0 aliphatic carbocycles. The van der Waals surface area contributed by atoms with E-state index >= 15 is 0 Å². The zero-order chi connectivity index (χ0) is 18.8.